The van der Waals surface area contributed by atoms with Crippen LogP contribution in [0.4, 0.5) is 0 Å². The second-order valence-electron chi connectivity index (χ2n) is 6.27. The van der Waals surface area contributed by atoms with E-state index in [0.717, 1.165) is 22.9 Å². The number of aliphatic carboxylic acids is 1. The van der Waals surface area contributed by atoms with Crippen LogP contribution in [0.15, 0.2) is 70.2 Å². The Morgan fingerprint density at radius 2 is 1.93 bits per heavy atom. The van der Waals surface area contributed by atoms with Gasteiger partial charge < -0.3 is 19.2 Å². The van der Waals surface area contributed by atoms with E-state index in [-0.39, 0.29) is 5.75 Å². The molecule has 0 atom stereocenters. The van der Waals surface area contributed by atoms with Crippen LogP contribution in [-0.4, -0.2) is 32.0 Å². The number of thioether (sulfide) groups is 1. The van der Waals surface area contributed by atoms with Crippen molar-refractivity contribution in [3.8, 4) is 28.7 Å². The average Bonchev–Trinajstić information content (AvgIpc) is 3.41. The standard InChI is InChI=1S/C21H16ClN3O4S/c22-15-5-1-3-13(9-15)11-28-16-6-2-4-14(10-16)17-7-8-18(29-17)20-23-21(25-24-20)30-12-19(26)27/h1-10H,11-12H2,(H,26,27)(H,23,24,25). The van der Waals surface area contributed by atoms with Crippen molar-refractivity contribution in [3.63, 3.8) is 0 Å². The summed E-state index contributed by atoms with van der Waals surface area (Å²) in [7, 11) is 0. The Hall–Kier alpha value is -3.23. The molecule has 0 aliphatic carbocycles. The lowest BCUT2D eigenvalue weighted by Crippen LogP contribution is -1.97. The minimum atomic E-state index is -0.921. The smallest absolute Gasteiger partial charge is 0.313 e. The number of rotatable bonds is 8. The summed E-state index contributed by atoms with van der Waals surface area (Å²) < 4.78 is 11.8. The Morgan fingerprint density at radius 1 is 1.10 bits per heavy atom. The Bertz CT molecular complexity index is 1170. The quantitative estimate of drug-likeness (QED) is 0.365. The molecule has 7 nitrogen and oxygen atoms in total. The highest BCUT2D eigenvalue weighted by atomic mass is 35.5. The Labute approximate surface area is 181 Å². The van der Waals surface area contributed by atoms with Crippen LogP contribution in [-0.2, 0) is 11.4 Å². The second kappa shape index (κ2) is 9.06. The van der Waals surface area contributed by atoms with Crippen LogP contribution < -0.4 is 4.74 Å². The first-order valence-corrected chi connectivity index (χ1v) is 10.3. The number of halogens is 1. The largest absolute Gasteiger partial charge is 0.489 e. The average molecular weight is 442 g/mol. The van der Waals surface area contributed by atoms with Crippen molar-refractivity contribution in [1.29, 1.82) is 0 Å². The molecule has 0 saturated carbocycles. The van der Waals surface area contributed by atoms with Gasteiger partial charge in [0.2, 0.25) is 0 Å². The molecule has 0 fully saturated rings. The molecule has 2 aromatic carbocycles. The number of hydrogen-bond acceptors (Lipinski definition) is 6. The molecular weight excluding hydrogens is 426 g/mol. The van der Waals surface area contributed by atoms with Gasteiger partial charge in [0.1, 0.15) is 18.1 Å². The van der Waals surface area contributed by atoms with Crippen molar-refractivity contribution < 1.29 is 19.1 Å². The highest BCUT2D eigenvalue weighted by molar-refractivity contribution is 7.99. The number of carbonyl (C=O) groups is 1. The molecule has 2 N–H and O–H groups in total. The topological polar surface area (TPSA) is 101 Å². The normalized spacial score (nSPS) is 10.8. The van der Waals surface area contributed by atoms with Gasteiger partial charge in [-0.05, 0) is 42.0 Å². The van der Waals surface area contributed by atoms with Gasteiger partial charge in [-0.3, -0.25) is 4.79 Å². The highest BCUT2D eigenvalue weighted by Crippen LogP contribution is 2.30. The Balaban J connectivity index is 1.45. The minimum absolute atomic E-state index is 0.0972. The summed E-state index contributed by atoms with van der Waals surface area (Å²) in [5.74, 6) is 1.27. The lowest BCUT2D eigenvalue weighted by atomic mass is 10.1. The van der Waals surface area contributed by atoms with E-state index in [4.69, 9.17) is 25.9 Å². The third kappa shape index (κ3) is 5.03. The highest BCUT2D eigenvalue weighted by Gasteiger charge is 2.13. The number of aromatic amines is 1. The molecule has 2 aromatic heterocycles. The van der Waals surface area contributed by atoms with E-state index in [0.29, 0.717) is 39.9 Å². The van der Waals surface area contributed by atoms with Crippen LogP contribution in [0.3, 0.4) is 0 Å². The SMILES string of the molecule is O=C(O)CSc1nnc(-c2ccc(-c3cccc(OCc4cccc(Cl)c4)c3)o2)[nH]1. The fourth-order valence-electron chi connectivity index (χ4n) is 2.71. The zero-order valence-corrected chi connectivity index (χ0v) is 17.1. The summed E-state index contributed by atoms with van der Waals surface area (Å²) in [6.07, 6.45) is 0. The van der Waals surface area contributed by atoms with E-state index in [1.54, 1.807) is 6.07 Å². The van der Waals surface area contributed by atoms with E-state index in [9.17, 15) is 4.79 Å². The summed E-state index contributed by atoms with van der Waals surface area (Å²) in [4.78, 5) is 13.6. The van der Waals surface area contributed by atoms with Crippen LogP contribution in [0.2, 0.25) is 5.02 Å². The Morgan fingerprint density at radius 3 is 2.77 bits per heavy atom. The van der Waals surface area contributed by atoms with Gasteiger partial charge in [0.15, 0.2) is 16.7 Å². The molecule has 0 unspecified atom stereocenters. The third-order valence-corrected chi connectivity index (χ3v) is 5.13. The number of furan rings is 1. The summed E-state index contributed by atoms with van der Waals surface area (Å²) >= 11 is 7.07. The fourth-order valence-corrected chi connectivity index (χ4v) is 3.45. The molecule has 2 heterocycles. The number of carboxylic acids is 1. The first-order chi connectivity index (χ1) is 14.6. The van der Waals surface area contributed by atoms with Gasteiger partial charge in [-0.15, -0.1) is 10.2 Å². The maximum Gasteiger partial charge on any atom is 0.313 e. The minimum Gasteiger partial charge on any atom is -0.489 e. The van der Waals surface area contributed by atoms with E-state index in [1.165, 1.54) is 0 Å². The van der Waals surface area contributed by atoms with Gasteiger partial charge in [-0.25, -0.2) is 0 Å². The van der Waals surface area contributed by atoms with Crippen LogP contribution in [0.25, 0.3) is 22.9 Å². The molecule has 0 radical (unpaired) electrons. The monoisotopic (exact) mass is 441 g/mol. The lowest BCUT2D eigenvalue weighted by molar-refractivity contribution is -0.133. The van der Waals surface area contributed by atoms with Gasteiger partial charge in [0, 0.05) is 10.6 Å². The number of carboxylic acid groups (broad SMARTS) is 1. The lowest BCUT2D eigenvalue weighted by Gasteiger charge is -2.07. The predicted molar refractivity (Wildman–Crippen MR) is 114 cm³/mol. The number of H-pyrrole nitrogens is 1. The summed E-state index contributed by atoms with van der Waals surface area (Å²) in [5, 5.41) is 17.8. The number of benzene rings is 2. The molecule has 0 spiro atoms. The van der Waals surface area contributed by atoms with E-state index >= 15 is 0 Å². The van der Waals surface area contributed by atoms with E-state index in [2.05, 4.69) is 15.2 Å². The maximum atomic E-state index is 10.7. The van der Waals surface area contributed by atoms with Crippen molar-refractivity contribution in [3.05, 3.63) is 71.2 Å². The number of aromatic nitrogens is 3. The molecule has 0 saturated heterocycles. The molecular formula is C21H16ClN3O4S. The van der Waals surface area contributed by atoms with Crippen LogP contribution in [0, 0.1) is 0 Å². The number of hydrogen-bond donors (Lipinski definition) is 2. The third-order valence-electron chi connectivity index (χ3n) is 4.05. The number of nitrogens with zero attached hydrogens (tertiary/aromatic N) is 2. The van der Waals surface area contributed by atoms with Gasteiger partial charge in [0.05, 0.1) is 5.75 Å². The van der Waals surface area contributed by atoms with Gasteiger partial charge >= 0.3 is 5.97 Å². The summed E-state index contributed by atoms with van der Waals surface area (Å²) in [6, 6.07) is 18.7. The molecule has 0 aliphatic heterocycles. The van der Waals surface area contributed by atoms with Crippen molar-refractivity contribution in [1.82, 2.24) is 15.2 Å². The van der Waals surface area contributed by atoms with Crippen molar-refractivity contribution in [2.24, 2.45) is 0 Å². The van der Waals surface area contributed by atoms with Gasteiger partial charge in [0.25, 0.3) is 0 Å². The van der Waals surface area contributed by atoms with Crippen LogP contribution in [0.5, 0.6) is 5.75 Å². The van der Waals surface area contributed by atoms with E-state index in [1.807, 2.05) is 54.6 Å². The molecule has 152 valence electrons. The first-order valence-electron chi connectivity index (χ1n) is 8.92. The van der Waals surface area contributed by atoms with Crippen molar-refractivity contribution >= 4 is 29.3 Å². The molecule has 30 heavy (non-hydrogen) atoms. The fraction of sp³-hybridized carbons (Fsp3) is 0.0952. The van der Waals surface area contributed by atoms with Gasteiger partial charge in [-0.2, -0.15) is 0 Å². The maximum absolute atomic E-state index is 10.7. The van der Waals surface area contributed by atoms with Crippen LogP contribution >= 0.6 is 23.4 Å². The first kappa shape index (κ1) is 20.1. The zero-order chi connectivity index (χ0) is 20.9. The van der Waals surface area contributed by atoms with E-state index < -0.39 is 5.97 Å². The predicted octanol–water partition coefficient (Wildman–Crippen LogP) is 5.14. The van der Waals surface area contributed by atoms with Crippen molar-refractivity contribution in [2.75, 3.05) is 5.75 Å². The van der Waals surface area contributed by atoms with Crippen molar-refractivity contribution in [2.45, 2.75) is 11.8 Å². The molecule has 0 aliphatic rings. The number of nitrogens with one attached hydrogen (secondary N) is 1. The zero-order valence-electron chi connectivity index (χ0n) is 15.5. The summed E-state index contributed by atoms with van der Waals surface area (Å²) in [5.41, 5.74) is 1.83. The molecule has 0 amide bonds. The molecule has 0 bridgehead atoms. The van der Waals surface area contributed by atoms with Gasteiger partial charge in [-0.1, -0.05) is 47.6 Å². The molecule has 9 heteroatoms. The number of ether oxygens (including phenoxy) is 1. The van der Waals surface area contributed by atoms with Crippen LogP contribution in [0.1, 0.15) is 5.56 Å². The molecule has 4 rings (SSSR count). The molecule has 4 aromatic rings. The summed E-state index contributed by atoms with van der Waals surface area (Å²) in [6.45, 7) is 0.405. The second-order valence-corrected chi connectivity index (χ2v) is 7.67. The Kier molecular flexibility index (Phi) is 6.06.